The summed E-state index contributed by atoms with van der Waals surface area (Å²) in [6.07, 6.45) is -0.793. The Kier molecular flexibility index (Phi) is 0.741. The second kappa shape index (κ2) is 1.42. The van der Waals surface area contributed by atoms with Crippen molar-refractivity contribution in [3.8, 4) is 0 Å². The molecule has 0 aromatic heterocycles. The number of Topliss-reactive ketones (excluding diaryl/α,β-unsaturated/α-hetero) is 1. The van der Waals surface area contributed by atoms with Crippen LogP contribution in [-0.2, 0) is 19.0 Å². The molecule has 0 spiro atoms. The molecule has 0 saturated carbocycles. The number of carbonyl (C=O) groups excluding carboxylic acids is 1. The summed E-state index contributed by atoms with van der Waals surface area (Å²) in [5.41, 5.74) is 0. The fraction of sp³-hybridized carbons (Fsp3) is 0.833. The maximum Gasteiger partial charge on any atom is 0.221 e. The van der Waals surface area contributed by atoms with Gasteiger partial charge in [-0.15, -0.1) is 0 Å². The molecule has 4 atom stereocenters. The van der Waals surface area contributed by atoms with Crippen molar-refractivity contribution in [1.29, 1.82) is 0 Å². The quantitative estimate of drug-likeness (QED) is 0.410. The minimum Gasteiger partial charge on any atom is -0.358 e. The first-order valence-electron chi connectivity index (χ1n) is 3.32. The molecule has 0 radical (unpaired) electrons. The fourth-order valence-electron chi connectivity index (χ4n) is 1.51. The Morgan fingerprint density at radius 2 is 2.30 bits per heavy atom. The van der Waals surface area contributed by atoms with Crippen LogP contribution >= 0.6 is 0 Å². The summed E-state index contributed by atoms with van der Waals surface area (Å²) < 4.78 is 15.3. The number of epoxide rings is 1. The number of ether oxygens (including phenoxy) is 3. The molecule has 3 aliphatic rings. The van der Waals surface area contributed by atoms with E-state index in [2.05, 4.69) is 0 Å². The van der Waals surface area contributed by atoms with Crippen molar-refractivity contribution in [3.63, 3.8) is 0 Å². The summed E-state index contributed by atoms with van der Waals surface area (Å²) in [6.45, 7) is 0.511. The van der Waals surface area contributed by atoms with Gasteiger partial charge in [0.15, 0.2) is 6.10 Å². The van der Waals surface area contributed by atoms with E-state index in [1.165, 1.54) is 0 Å². The number of fused-ring (bicyclic) bond motifs is 4. The number of rotatable bonds is 0. The first-order valence-corrected chi connectivity index (χ1v) is 3.32. The van der Waals surface area contributed by atoms with Gasteiger partial charge in [0.25, 0.3) is 0 Å². The van der Waals surface area contributed by atoms with Gasteiger partial charge in [-0.1, -0.05) is 0 Å². The SMILES string of the molecule is O=C1C2OC[C@@H](O2)[C@@H]2O[C@H]12. The van der Waals surface area contributed by atoms with Crippen LogP contribution in [0, 0.1) is 0 Å². The second-order valence-electron chi connectivity index (χ2n) is 2.76. The standard InChI is InChI=1S/C6H6O4/c7-3-5-4(10-5)2-1-8-6(3)9-2/h2,4-6H,1H2/t2-,4+,5-,6?/m1/s1. The smallest absolute Gasteiger partial charge is 0.221 e. The van der Waals surface area contributed by atoms with E-state index in [0.717, 1.165) is 0 Å². The van der Waals surface area contributed by atoms with Crippen LogP contribution in [-0.4, -0.2) is 37.0 Å². The van der Waals surface area contributed by atoms with Crippen molar-refractivity contribution >= 4 is 5.78 Å². The van der Waals surface area contributed by atoms with Gasteiger partial charge in [0.2, 0.25) is 12.1 Å². The van der Waals surface area contributed by atoms with Crippen LogP contribution in [0.2, 0.25) is 0 Å². The van der Waals surface area contributed by atoms with Crippen LogP contribution in [0.25, 0.3) is 0 Å². The van der Waals surface area contributed by atoms with Crippen molar-refractivity contribution < 1.29 is 19.0 Å². The Labute approximate surface area is 57.0 Å². The normalized spacial score (nSPS) is 56.6. The van der Waals surface area contributed by atoms with E-state index in [1.54, 1.807) is 0 Å². The monoisotopic (exact) mass is 142 g/mol. The molecular weight excluding hydrogens is 136 g/mol. The van der Waals surface area contributed by atoms with E-state index in [1.807, 2.05) is 0 Å². The molecule has 4 heteroatoms. The van der Waals surface area contributed by atoms with Crippen LogP contribution in [0.1, 0.15) is 0 Å². The Morgan fingerprint density at radius 3 is 3.20 bits per heavy atom. The molecule has 0 aliphatic carbocycles. The number of carbonyl (C=O) groups is 1. The third kappa shape index (κ3) is 0.460. The lowest BCUT2D eigenvalue weighted by Gasteiger charge is -2.11. The van der Waals surface area contributed by atoms with Gasteiger partial charge in [-0.2, -0.15) is 0 Å². The molecule has 0 aromatic rings. The fourth-order valence-corrected chi connectivity index (χ4v) is 1.51. The molecule has 1 unspecified atom stereocenters. The predicted molar refractivity (Wildman–Crippen MR) is 28.3 cm³/mol. The van der Waals surface area contributed by atoms with Crippen molar-refractivity contribution in [3.05, 3.63) is 0 Å². The van der Waals surface area contributed by atoms with Gasteiger partial charge in [0.05, 0.1) is 6.61 Å². The maximum absolute atomic E-state index is 11.0. The highest BCUT2D eigenvalue weighted by atomic mass is 16.8. The molecule has 0 amide bonds. The Balaban J connectivity index is 1.98. The number of hydrogen-bond acceptors (Lipinski definition) is 4. The summed E-state index contributed by atoms with van der Waals surface area (Å²) in [4.78, 5) is 11.0. The van der Waals surface area contributed by atoms with E-state index in [-0.39, 0.29) is 24.1 Å². The predicted octanol–water partition coefficient (Wildman–Crippen LogP) is -0.922. The first-order chi connectivity index (χ1) is 4.86. The van der Waals surface area contributed by atoms with E-state index in [4.69, 9.17) is 14.2 Å². The highest BCUT2D eigenvalue weighted by molar-refractivity contribution is 5.90. The highest BCUT2D eigenvalue weighted by Gasteiger charge is 2.61. The van der Waals surface area contributed by atoms with Gasteiger partial charge in [-0.05, 0) is 0 Å². The van der Waals surface area contributed by atoms with E-state index in [9.17, 15) is 4.79 Å². The molecule has 10 heavy (non-hydrogen) atoms. The zero-order valence-corrected chi connectivity index (χ0v) is 5.15. The summed E-state index contributed by atoms with van der Waals surface area (Å²) in [7, 11) is 0. The summed E-state index contributed by atoms with van der Waals surface area (Å²) >= 11 is 0. The number of hydrogen-bond donors (Lipinski definition) is 0. The van der Waals surface area contributed by atoms with Gasteiger partial charge in [-0.3, -0.25) is 4.79 Å². The topological polar surface area (TPSA) is 48.1 Å². The van der Waals surface area contributed by atoms with Crippen molar-refractivity contribution in [2.45, 2.75) is 24.6 Å². The van der Waals surface area contributed by atoms with Gasteiger partial charge < -0.3 is 14.2 Å². The molecule has 3 aliphatic heterocycles. The first kappa shape index (κ1) is 5.23. The van der Waals surface area contributed by atoms with Crippen LogP contribution in [0.4, 0.5) is 0 Å². The maximum atomic E-state index is 11.0. The second-order valence-corrected chi connectivity index (χ2v) is 2.76. The average molecular weight is 142 g/mol. The molecule has 0 aromatic carbocycles. The molecule has 54 valence electrons. The van der Waals surface area contributed by atoms with Crippen molar-refractivity contribution in [1.82, 2.24) is 0 Å². The minimum atomic E-state index is -0.617. The highest BCUT2D eigenvalue weighted by Crippen LogP contribution is 2.38. The van der Waals surface area contributed by atoms with Crippen molar-refractivity contribution in [2.75, 3.05) is 6.61 Å². The van der Waals surface area contributed by atoms with Gasteiger partial charge in [-0.25, -0.2) is 0 Å². The molecule has 4 nitrogen and oxygen atoms in total. The molecule has 0 N–H and O–H groups in total. The third-order valence-electron chi connectivity index (χ3n) is 2.11. The van der Waals surface area contributed by atoms with Gasteiger partial charge in [0, 0.05) is 0 Å². The lowest BCUT2D eigenvalue weighted by Crippen LogP contribution is -2.35. The van der Waals surface area contributed by atoms with Crippen LogP contribution in [0.3, 0.4) is 0 Å². The molecular formula is C6H6O4. The largest absolute Gasteiger partial charge is 0.358 e. The van der Waals surface area contributed by atoms with E-state index < -0.39 is 6.29 Å². The van der Waals surface area contributed by atoms with E-state index in [0.29, 0.717) is 6.61 Å². The molecule has 3 fully saturated rings. The Hall–Kier alpha value is -0.450. The van der Waals surface area contributed by atoms with Gasteiger partial charge in [0.1, 0.15) is 12.2 Å². The van der Waals surface area contributed by atoms with Gasteiger partial charge >= 0.3 is 0 Å². The molecule has 3 rings (SSSR count). The number of ketones is 1. The average Bonchev–Trinajstić information content (AvgIpc) is 2.61. The van der Waals surface area contributed by atoms with Crippen LogP contribution in [0.5, 0.6) is 0 Å². The molecule has 3 heterocycles. The lowest BCUT2D eigenvalue weighted by atomic mass is 10.1. The molecule has 3 saturated heterocycles. The van der Waals surface area contributed by atoms with Crippen LogP contribution in [0.15, 0.2) is 0 Å². The lowest BCUT2D eigenvalue weighted by molar-refractivity contribution is -0.149. The third-order valence-corrected chi connectivity index (χ3v) is 2.11. The molecule has 2 bridgehead atoms. The summed E-state index contributed by atoms with van der Waals surface area (Å²) in [6, 6.07) is 0. The zero-order valence-electron chi connectivity index (χ0n) is 5.15. The van der Waals surface area contributed by atoms with Crippen molar-refractivity contribution in [2.24, 2.45) is 0 Å². The summed E-state index contributed by atoms with van der Waals surface area (Å²) in [5.74, 6) is -0.0428. The van der Waals surface area contributed by atoms with E-state index >= 15 is 0 Å². The Morgan fingerprint density at radius 1 is 1.40 bits per heavy atom. The van der Waals surface area contributed by atoms with Crippen LogP contribution < -0.4 is 0 Å². The minimum absolute atomic E-state index is 0.00579. The Bertz CT molecular complexity index is 202. The summed E-state index contributed by atoms with van der Waals surface area (Å²) in [5, 5.41) is 0. The zero-order chi connectivity index (χ0) is 6.72.